The second-order valence-electron chi connectivity index (χ2n) is 3.35. The second kappa shape index (κ2) is 5.11. The average Bonchev–Trinajstić information content (AvgIpc) is 2.83. The largest absolute Gasteiger partial charge is 0.451 e. The Balaban J connectivity index is 1.81. The van der Waals surface area contributed by atoms with Gasteiger partial charge in [-0.1, -0.05) is 18.2 Å². The van der Waals surface area contributed by atoms with E-state index in [-0.39, 0.29) is 5.91 Å². The van der Waals surface area contributed by atoms with Crippen molar-refractivity contribution in [2.45, 2.75) is 6.42 Å². The summed E-state index contributed by atoms with van der Waals surface area (Å²) < 4.78 is 4.83. The minimum atomic E-state index is -0.0657. The van der Waals surface area contributed by atoms with Gasteiger partial charge < -0.3 is 9.73 Å². The zero-order chi connectivity index (χ0) is 11.2. The van der Waals surface area contributed by atoms with Gasteiger partial charge in [-0.2, -0.15) is 0 Å². The molecule has 82 valence electrons. The van der Waals surface area contributed by atoms with E-state index < -0.39 is 0 Å². The number of aromatic nitrogens is 1. The van der Waals surface area contributed by atoms with Gasteiger partial charge >= 0.3 is 0 Å². The summed E-state index contributed by atoms with van der Waals surface area (Å²) in [5, 5.41) is 2.82. The van der Waals surface area contributed by atoms with Gasteiger partial charge in [-0.05, 0) is 12.1 Å². The van der Waals surface area contributed by atoms with Crippen LogP contribution in [0.3, 0.4) is 0 Å². The highest BCUT2D eigenvalue weighted by molar-refractivity contribution is 5.94. The molecule has 1 N–H and O–H groups in total. The molecule has 2 aromatic rings. The molecule has 0 unspecified atom stereocenters. The first-order chi connectivity index (χ1) is 7.86. The number of benzene rings is 1. The van der Waals surface area contributed by atoms with Crippen LogP contribution in [-0.2, 0) is 6.42 Å². The van der Waals surface area contributed by atoms with Gasteiger partial charge in [-0.3, -0.25) is 4.79 Å². The summed E-state index contributed by atoms with van der Waals surface area (Å²) in [5.74, 6) is -0.0657. The Hall–Kier alpha value is -2.10. The van der Waals surface area contributed by atoms with Crippen LogP contribution in [0, 0.1) is 0 Å². The fourth-order valence-corrected chi connectivity index (χ4v) is 1.36. The Morgan fingerprint density at radius 1 is 1.31 bits per heavy atom. The molecule has 0 aliphatic carbocycles. The van der Waals surface area contributed by atoms with E-state index in [1.54, 1.807) is 18.4 Å². The molecule has 1 amide bonds. The molecule has 0 aliphatic heterocycles. The molecule has 0 radical (unpaired) electrons. The van der Waals surface area contributed by atoms with Crippen LogP contribution in [-0.4, -0.2) is 17.4 Å². The summed E-state index contributed by atoms with van der Waals surface area (Å²) in [6, 6.07) is 9.13. The number of rotatable bonds is 4. The van der Waals surface area contributed by atoms with E-state index in [1.165, 1.54) is 6.39 Å². The van der Waals surface area contributed by atoms with E-state index in [2.05, 4.69) is 10.3 Å². The standard InChI is InChI=1S/C12H12N2O2/c15-12(10-4-2-1-3-5-10)13-7-6-11-8-16-9-14-11/h1-5,8-9H,6-7H2,(H,13,15). The zero-order valence-electron chi connectivity index (χ0n) is 8.72. The van der Waals surface area contributed by atoms with Gasteiger partial charge in [-0.15, -0.1) is 0 Å². The van der Waals surface area contributed by atoms with Crippen LogP contribution in [0.2, 0.25) is 0 Å². The highest BCUT2D eigenvalue weighted by atomic mass is 16.3. The summed E-state index contributed by atoms with van der Waals surface area (Å²) in [7, 11) is 0. The van der Waals surface area contributed by atoms with Crippen molar-refractivity contribution in [1.29, 1.82) is 0 Å². The quantitative estimate of drug-likeness (QED) is 0.845. The number of hydrogen-bond acceptors (Lipinski definition) is 3. The fourth-order valence-electron chi connectivity index (χ4n) is 1.36. The van der Waals surface area contributed by atoms with E-state index in [0.29, 0.717) is 18.5 Å². The highest BCUT2D eigenvalue weighted by Crippen LogP contribution is 1.98. The summed E-state index contributed by atoms with van der Waals surface area (Å²) in [6.45, 7) is 0.556. The molecule has 0 bridgehead atoms. The lowest BCUT2D eigenvalue weighted by Gasteiger charge is -2.03. The number of nitrogens with one attached hydrogen (secondary N) is 1. The molecule has 1 heterocycles. The first kappa shape index (κ1) is 10.4. The molecule has 2 rings (SSSR count). The number of oxazole rings is 1. The maximum Gasteiger partial charge on any atom is 0.251 e. The van der Waals surface area contributed by atoms with E-state index >= 15 is 0 Å². The van der Waals surface area contributed by atoms with Gasteiger partial charge in [0, 0.05) is 18.5 Å². The molecule has 0 saturated carbocycles. The molecule has 1 aromatic carbocycles. The van der Waals surface area contributed by atoms with Gasteiger partial charge in [0.25, 0.3) is 5.91 Å². The van der Waals surface area contributed by atoms with Crippen molar-refractivity contribution in [3.05, 3.63) is 54.2 Å². The third kappa shape index (κ3) is 2.70. The van der Waals surface area contributed by atoms with Crippen LogP contribution in [0.15, 0.2) is 47.4 Å². The van der Waals surface area contributed by atoms with Gasteiger partial charge in [0.05, 0.1) is 5.69 Å². The van der Waals surface area contributed by atoms with E-state index in [4.69, 9.17) is 4.42 Å². The Morgan fingerprint density at radius 3 is 2.81 bits per heavy atom. The molecule has 0 aliphatic rings. The Labute approximate surface area is 93.3 Å². The molecule has 0 spiro atoms. The van der Waals surface area contributed by atoms with Crippen molar-refractivity contribution in [1.82, 2.24) is 10.3 Å². The van der Waals surface area contributed by atoms with Crippen LogP contribution in [0.4, 0.5) is 0 Å². The molecule has 4 nitrogen and oxygen atoms in total. The van der Waals surface area contributed by atoms with E-state index in [1.807, 2.05) is 18.2 Å². The second-order valence-corrected chi connectivity index (χ2v) is 3.35. The predicted octanol–water partition coefficient (Wildman–Crippen LogP) is 1.65. The molecule has 0 saturated heterocycles. The van der Waals surface area contributed by atoms with Crippen molar-refractivity contribution < 1.29 is 9.21 Å². The number of amides is 1. The fraction of sp³-hybridized carbons (Fsp3) is 0.167. The summed E-state index contributed by atoms with van der Waals surface area (Å²) in [5.41, 5.74) is 1.51. The number of carbonyl (C=O) groups is 1. The SMILES string of the molecule is O=C(NCCc1cocn1)c1ccccc1. The molecule has 16 heavy (non-hydrogen) atoms. The Morgan fingerprint density at radius 2 is 2.12 bits per heavy atom. The van der Waals surface area contributed by atoms with Crippen LogP contribution < -0.4 is 5.32 Å². The summed E-state index contributed by atoms with van der Waals surface area (Å²) >= 11 is 0. The topological polar surface area (TPSA) is 55.1 Å². The van der Waals surface area contributed by atoms with Gasteiger partial charge in [-0.25, -0.2) is 4.98 Å². The first-order valence-corrected chi connectivity index (χ1v) is 5.06. The maximum atomic E-state index is 11.6. The zero-order valence-corrected chi connectivity index (χ0v) is 8.72. The molecule has 1 aromatic heterocycles. The lowest BCUT2D eigenvalue weighted by atomic mass is 10.2. The first-order valence-electron chi connectivity index (χ1n) is 5.06. The van der Waals surface area contributed by atoms with E-state index in [9.17, 15) is 4.79 Å². The molecular weight excluding hydrogens is 204 g/mol. The smallest absolute Gasteiger partial charge is 0.251 e. The Bertz CT molecular complexity index is 437. The normalized spacial score (nSPS) is 10.0. The van der Waals surface area contributed by atoms with Crippen molar-refractivity contribution in [3.8, 4) is 0 Å². The third-order valence-corrected chi connectivity index (χ3v) is 2.19. The maximum absolute atomic E-state index is 11.6. The third-order valence-electron chi connectivity index (χ3n) is 2.19. The molecule has 4 heteroatoms. The van der Waals surface area contributed by atoms with Crippen molar-refractivity contribution in [2.24, 2.45) is 0 Å². The average molecular weight is 216 g/mol. The van der Waals surface area contributed by atoms with Gasteiger partial charge in [0.2, 0.25) is 0 Å². The number of nitrogens with zero attached hydrogens (tertiary/aromatic N) is 1. The Kier molecular flexibility index (Phi) is 3.33. The number of hydrogen-bond donors (Lipinski definition) is 1. The molecular formula is C12H12N2O2. The molecule has 0 fully saturated rings. The highest BCUT2D eigenvalue weighted by Gasteiger charge is 2.03. The predicted molar refractivity (Wildman–Crippen MR) is 59.0 cm³/mol. The van der Waals surface area contributed by atoms with Crippen LogP contribution in [0.1, 0.15) is 16.1 Å². The van der Waals surface area contributed by atoms with E-state index in [0.717, 1.165) is 5.69 Å². The summed E-state index contributed by atoms with van der Waals surface area (Å²) in [6.07, 6.45) is 3.64. The lowest BCUT2D eigenvalue weighted by molar-refractivity contribution is 0.0954. The van der Waals surface area contributed by atoms with Crippen molar-refractivity contribution in [2.75, 3.05) is 6.54 Å². The van der Waals surface area contributed by atoms with Crippen LogP contribution in [0.5, 0.6) is 0 Å². The number of carbonyl (C=O) groups excluding carboxylic acids is 1. The summed E-state index contributed by atoms with van der Waals surface area (Å²) in [4.78, 5) is 15.6. The molecule has 0 atom stereocenters. The van der Waals surface area contributed by atoms with Crippen molar-refractivity contribution >= 4 is 5.91 Å². The van der Waals surface area contributed by atoms with Crippen molar-refractivity contribution in [3.63, 3.8) is 0 Å². The van der Waals surface area contributed by atoms with Crippen LogP contribution >= 0.6 is 0 Å². The van der Waals surface area contributed by atoms with Crippen LogP contribution in [0.25, 0.3) is 0 Å². The minimum absolute atomic E-state index is 0.0657. The van der Waals surface area contributed by atoms with Gasteiger partial charge in [0.15, 0.2) is 6.39 Å². The minimum Gasteiger partial charge on any atom is -0.451 e. The van der Waals surface area contributed by atoms with Gasteiger partial charge in [0.1, 0.15) is 6.26 Å². The lowest BCUT2D eigenvalue weighted by Crippen LogP contribution is -2.25. The monoisotopic (exact) mass is 216 g/mol.